The molecule has 114 valence electrons. The number of carbonyl (C=O) groups is 1. The lowest BCUT2D eigenvalue weighted by Crippen LogP contribution is -2.46. The molecule has 0 bridgehead atoms. The highest BCUT2D eigenvalue weighted by Crippen LogP contribution is 2.16. The second-order valence-corrected chi connectivity index (χ2v) is 5.16. The number of anilines is 1. The number of nitrogens with zero attached hydrogens (tertiary/aromatic N) is 3. The molecule has 2 aromatic rings. The molecular formula is C16H18N4O2. The molecule has 3 rings (SSSR count). The van der Waals surface area contributed by atoms with Crippen LogP contribution in [0.4, 0.5) is 10.7 Å². The van der Waals surface area contributed by atoms with E-state index in [9.17, 15) is 4.79 Å². The van der Waals surface area contributed by atoms with Crippen LogP contribution < -0.4 is 15.0 Å². The molecule has 0 atom stereocenters. The predicted octanol–water partition coefficient (Wildman–Crippen LogP) is 2.23. The largest absolute Gasteiger partial charge is 0.412 e. The van der Waals surface area contributed by atoms with Crippen LogP contribution in [0.25, 0.3) is 0 Å². The van der Waals surface area contributed by atoms with Gasteiger partial charge in [-0.05, 0) is 31.0 Å². The van der Waals surface area contributed by atoms with Gasteiger partial charge in [-0.15, -0.1) is 0 Å². The summed E-state index contributed by atoms with van der Waals surface area (Å²) in [5, 5.41) is 2.91. The Morgan fingerprint density at radius 2 is 1.77 bits per heavy atom. The van der Waals surface area contributed by atoms with Crippen LogP contribution in [-0.4, -0.2) is 35.2 Å². The lowest BCUT2D eigenvalue weighted by atomic mass is 10.1. The molecule has 0 saturated carbocycles. The molecule has 1 aromatic carbocycles. The average molecular weight is 298 g/mol. The third-order valence-corrected chi connectivity index (χ3v) is 3.61. The zero-order chi connectivity index (χ0) is 15.2. The van der Waals surface area contributed by atoms with E-state index in [1.165, 1.54) is 0 Å². The standard InChI is InChI=1S/C16H18N4O2/c21-16(22-14-5-2-1-3-6-14)19-13-7-11-20(12-8-13)15-17-9-4-10-18-15/h1-6,9-10,13H,7-8,11-12H2,(H,19,21). The average Bonchev–Trinajstić information content (AvgIpc) is 2.57. The summed E-state index contributed by atoms with van der Waals surface area (Å²) in [6, 6.07) is 11.0. The summed E-state index contributed by atoms with van der Waals surface area (Å²) in [5.74, 6) is 1.29. The van der Waals surface area contributed by atoms with E-state index in [0.717, 1.165) is 31.9 Å². The third kappa shape index (κ3) is 3.72. The first-order chi connectivity index (χ1) is 10.8. The van der Waals surface area contributed by atoms with Gasteiger partial charge in [0.1, 0.15) is 5.75 Å². The Bertz CT molecular complexity index is 598. The zero-order valence-corrected chi connectivity index (χ0v) is 12.2. The number of amides is 1. The van der Waals surface area contributed by atoms with Crippen molar-refractivity contribution in [2.45, 2.75) is 18.9 Å². The second kappa shape index (κ2) is 6.89. The molecule has 6 heteroatoms. The fraction of sp³-hybridized carbons (Fsp3) is 0.312. The Morgan fingerprint density at radius 1 is 1.09 bits per heavy atom. The normalized spacial score (nSPS) is 15.4. The van der Waals surface area contributed by atoms with Crippen molar-refractivity contribution >= 4 is 12.0 Å². The van der Waals surface area contributed by atoms with Gasteiger partial charge in [0.05, 0.1) is 0 Å². The number of rotatable bonds is 3. The van der Waals surface area contributed by atoms with Crippen molar-refractivity contribution < 1.29 is 9.53 Å². The zero-order valence-electron chi connectivity index (χ0n) is 12.2. The first kappa shape index (κ1) is 14.3. The Labute approximate surface area is 129 Å². The number of benzene rings is 1. The summed E-state index contributed by atoms with van der Waals surface area (Å²) in [6.07, 6.45) is 4.78. The number of hydrogen-bond acceptors (Lipinski definition) is 5. The molecule has 1 aliphatic heterocycles. The maximum Gasteiger partial charge on any atom is 0.412 e. The minimum absolute atomic E-state index is 0.121. The first-order valence-corrected chi connectivity index (χ1v) is 7.36. The Hall–Kier alpha value is -2.63. The molecule has 0 spiro atoms. The highest BCUT2D eigenvalue weighted by atomic mass is 16.6. The molecular weight excluding hydrogens is 280 g/mol. The predicted molar refractivity (Wildman–Crippen MR) is 82.9 cm³/mol. The maximum atomic E-state index is 11.9. The molecule has 1 aromatic heterocycles. The number of hydrogen-bond donors (Lipinski definition) is 1. The summed E-state index contributed by atoms with van der Waals surface area (Å²) < 4.78 is 5.24. The highest BCUT2D eigenvalue weighted by molar-refractivity contribution is 5.70. The molecule has 1 amide bonds. The van der Waals surface area contributed by atoms with Crippen LogP contribution in [0.15, 0.2) is 48.8 Å². The number of aromatic nitrogens is 2. The van der Waals surface area contributed by atoms with Gasteiger partial charge in [0.2, 0.25) is 5.95 Å². The van der Waals surface area contributed by atoms with E-state index in [4.69, 9.17) is 4.74 Å². The molecule has 1 N–H and O–H groups in total. The lowest BCUT2D eigenvalue weighted by Gasteiger charge is -2.31. The van der Waals surface area contributed by atoms with Gasteiger partial charge >= 0.3 is 6.09 Å². The van der Waals surface area contributed by atoms with Gasteiger partial charge in [0, 0.05) is 31.5 Å². The molecule has 22 heavy (non-hydrogen) atoms. The summed E-state index contributed by atoms with van der Waals surface area (Å²) >= 11 is 0. The summed E-state index contributed by atoms with van der Waals surface area (Å²) in [7, 11) is 0. The highest BCUT2D eigenvalue weighted by Gasteiger charge is 2.22. The number of piperidine rings is 1. The molecule has 1 fully saturated rings. The van der Waals surface area contributed by atoms with Crippen molar-refractivity contribution in [3.8, 4) is 5.75 Å². The number of carbonyl (C=O) groups excluding carboxylic acids is 1. The fourth-order valence-electron chi connectivity index (χ4n) is 2.47. The van der Waals surface area contributed by atoms with Crippen LogP contribution in [0.1, 0.15) is 12.8 Å². The fourth-order valence-corrected chi connectivity index (χ4v) is 2.47. The van der Waals surface area contributed by atoms with E-state index < -0.39 is 6.09 Å². The number of ether oxygens (including phenoxy) is 1. The second-order valence-electron chi connectivity index (χ2n) is 5.16. The van der Waals surface area contributed by atoms with E-state index in [2.05, 4.69) is 20.2 Å². The summed E-state index contributed by atoms with van der Waals surface area (Å²) in [4.78, 5) is 22.5. The molecule has 0 radical (unpaired) electrons. The van der Waals surface area contributed by atoms with Crippen LogP contribution in [0.3, 0.4) is 0 Å². The van der Waals surface area contributed by atoms with Crippen molar-refractivity contribution in [2.24, 2.45) is 0 Å². The van der Waals surface area contributed by atoms with Crippen LogP contribution in [0, 0.1) is 0 Å². The van der Waals surface area contributed by atoms with Gasteiger partial charge in [-0.1, -0.05) is 18.2 Å². The molecule has 6 nitrogen and oxygen atoms in total. The number of para-hydroxylation sites is 1. The SMILES string of the molecule is O=C(NC1CCN(c2ncccn2)CC1)Oc1ccccc1. The Kier molecular flexibility index (Phi) is 4.48. The van der Waals surface area contributed by atoms with Gasteiger partial charge < -0.3 is 15.0 Å². The minimum Gasteiger partial charge on any atom is -0.410 e. The van der Waals surface area contributed by atoms with Gasteiger partial charge in [-0.2, -0.15) is 0 Å². The monoisotopic (exact) mass is 298 g/mol. The van der Waals surface area contributed by atoms with Gasteiger partial charge in [-0.25, -0.2) is 14.8 Å². The van der Waals surface area contributed by atoms with E-state index in [1.807, 2.05) is 18.2 Å². The van der Waals surface area contributed by atoms with Gasteiger partial charge in [0.25, 0.3) is 0 Å². The first-order valence-electron chi connectivity index (χ1n) is 7.36. The van der Waals surface area contributed by atoms with E-state index in [1.54, 1.807) is 30.6 Å². The van der Waals surface area contributed by atoms with Gasteiger partial charge in [-0.3, -0.25) is 0 Å². The molecule has 2 heterocycles. The van der Waals surface area contributed by atoms with Crippen LogP contribution in [0.2, 0.25) is 0 Å². The van der Waals surface area contributed by atoms with Crippen LogP contribution >= 0.6 is 0 Å². The van der Waals surface area contributed by atoms with E-state index in [-0.39, 0.29) is 6.04 Å². The van der Waals surface area contributed by atoms with Crippen molar-refractivity contribution in [3.05, 3.63) is 48.8 Å². The van der Waals surface area contributed by atoms with E-state index >= 15 is 0 Å². The molecule has 0 unspecified atom stereocenters. The Morgan fingerprint density at radius 3 is 2.45 bits per heavy atom. The lowest BCUT2D eigenvalue weighted by molar-refractivity contribution is 0.193. The summed E-state index contributed by atoms with van der Waals surface area (Å²) in [5.41, 5.74) is 0. The van der Waals surface area contributed by atoms with Crippen LogP contribution in [-0.2, 0) is 0 Å². The Balaban J connectivity index is 1.47. The van der Waals surface area contributed by atoms with Crippen molar-refractivity contribution in [1.82, 2.24) is 15.3 Å². The maximum absolute atomic E-state index is 11.9. The van der Waals surface area contributed by atoms with Gasteiger partial charge in [0.15, 0.2) is 0 Å². The molecule has 0 aliphatic carbocycles. The smallest absolute Gasteiger partial charge is 0.410 e. The molecule has 1 saturated heterocycles. The quantitative estimate of drug-likeness (QED) is 0.941. The number of nitrogens with one attached hydrogen (secondary N) is 1. The molecule has 1 aliphatic rings. The minimum atomic E-state index is -0.402. The topological polar surface area (TPSA) is 67.4 Å². The van der Waals surface area contributed by atoms with E-state index in [0.29, 0.717) is 5.75 Å². The summed E-state index contributed by atoms with van der Waals surface area (Å²) in [6.45, 7) is 1.64. The van der Waals surface area contributed by atoms with Crippen molar-refractivity contribution in [1.29, 1.82) is 0 Å². The van der Waals surface area contributed by atoms with Crippen molar-refractivity contribution in [2.75, 3.05) is 18.0 Å². The van der Waals surface area contributed by atoms with Crippen LogP contribution in [0.5, 0.6) is 5.75 Å². The third-order valence-electron chi connectivity index (χ3n) is 3.61. The van der Waals surface area contributed by atoms with Crippen molar-refractivity contribution in [3.63, 3.8) is 0 Å².